The molecule has 0 unspecified atom stereocenters. The number of benzene rings is 1. The lowest BCUT2D eigenvalue weighted by Crippen LogP contribution is -2.11. The predicted molar refractivity (Wildman–Crippen MR) is 60.8 cm³/mol. The predicted octanol–water partition coefficient (Wildman–Crippen LogP) is 2.98. The van der Waals surface area contributed by atoms with Gasteiger partial charge in [-0.15, -0.1) is 0 Å². The van der Waals surface area contributed by atoms with Gasteiger partial charge in [0.2, 0.25) is 0 Å². The summed E-state index contributed by atoms with van der Waals surface area (Å²) in [7, 11) is 0. The van der Waals surface area contributed by atoms with Gasteiger partial charge in [-0.1, -0.05) is 28.1 Å². The van der Waals surface area contributed by atoms with Crippen molar-refractivity contribution in [3.05, 3.63) is 29.3 Å². The monoisotopic (exact) mass is 239 g/mol. The van der Waals surface area contributed by atoms with Gasteiger partial charge in [0.15, 0.2) is 0 Å². The van der Waals surface area contributed by atoms with Crippen LogP contribution in [0.3, 0.4) is 0 Å². The highest BCUT2D eigenvalue weighted by molar-refractivity contribution is 9.09. The van der Waals surface area contributed by atoms with Crippen LogP contribution < -0.4 is 5.32 Å². The minimum atomic E-state index is 1.05. The Morgan fingerprint density at radius 3 is 3.15 bits per heavy atom. The van der Waals surface area contributed by atoms with Crippen molar-refractivity contribution in [3.8, 4) is 0 Å². The van der Waals surface area contributed by atoms with Gasteiger partial charge in [0.1, 0.15) is 0 Å². The van der Waals surface area contributed by atoms with Crippen molar-refractivity contribution in [2.24, 2.45) is 0 Å². The lowest BCUT2D eigenvalue weighted by molar-refractivity contribution is 0.828. The van der Waals surface area contributed by atoms with Crippen LogP contribution in [0.15, 0.2) is 18.2 Å². The summed E-state index contributed by atoms with van der Waals surface area (Å²) in [5, 5.41) is 4.47. The number of nitrogens with one attached hydrogen (secondary N) is 1. The molecule has 1 aromatic carbocycles. The van der Waals surface area contributed by atoms with Crippen molar-refractivity contribution >= 4 is 21.6 Å². The summed E-state index contributed by atoms with van der Waals surface area (Å²) in [5.41, 5.74) is 4.27. The molecule has 0 spiro atoms. The molecule has 0 bridgehead atoms. The van der Waals surface area contributed by atoms with Crippen LogP contribution in [0.1, 0.15) is 17.5 Å². The van der Waals surface area contributed by atoms with E-state index >= 15 is 0 Å². The van der Waals surface area contributed by atoms with E-state index in [4.69, 9.17) is 0 Å². The van der Waals surface area contributed by atoms with Crippen LogP contribution in [-0.2, 0) is 12.8 Å². The van der Waals surface area contributed by atoms with Crippen LogP contribution in [0.2, 0.25) is 0 Å². The summed E-state index contributed by atoms with van der Waals surface area (Å²) in [6.07, 6.45) is 3.64. The maximum absolute atomic E-state index is 3.47. The summed E-state index contributed by atoms with van der Waals surface area (Å²) >= 11 is 3.47. The van der Waals surface area contributed by atoms with Gasteiger partial charge in [-0.05, 0) is 36.5 Å². The van der Waals surface area contributed by atoms with Gasteiger partial charge in [-0.2, -0.15) is 0 Å². The Labute approximate surface area is 87.7 Å². The molecular weight excluding hydrogens is 226 g/mol. The highest BCUT2D eigenvalue weighted by Crippen LogP contribution is 2.23. The molecule has 0 saturated carbocycles. The number of hydrogen-bond donors (Lipinski definition) is 1. The van der Waals surface area contributed by atoms with Gasteiger partial charge < -0.3 is 5.32 Å². The van der Waals surface area contributed by atoms with E-state index in [1.807, 2.05) is 0 Å². The SMILES string of the molecule is BrCCc1ccc2c(c1)CCCN2. The molecule has 70 valence electrons. The zero-order valence-electron chi connectivity index (χ0n) is 7.65. The van der Waals surface area contributed by atoms with Crippen molar-refractivity contribution in [3.63, 3.8) is 0 Å². The molecule has 0 aromatic heterocycles. The molecule has 2 rings (SSSR count). The average molecular weight is 240 g/mol. The lowest BCUT2D eigenvalue weighted by atomic mass is 10.00. The third-order valence-corrected chi connectivity index (χ3v) is 2.89. The quantitative estimate of drug-likeness (QED) is 0.783. The van der Waals surface area contributed by atoms with Crippen LogP contribution >= 0.6 is 15.9 Å². The summed E-state index contributed by atoms with van der Waals surface area (Å²) in [6, 6.07) is 6.77. The molecular formula is C11H14BrN. The van der Waals surface area contributed by atoms with Crippen molar-refractivity contribution < 1.29 is 0 Å². The molecule has 0 amide bonds. The Hall–Kier alpha value is -0.500. The van der Waals surface area contributed by atoms with E-state index in [0.717, 1.165) is 18.3 Å². The molecule has 2 heteroatoms. The van der Waals surface area contributed by atoms with Crippen molar-refractivity contribution in [1.29, 1.82) is 0 Å². The molecule has 1 heterocycles. The lowest BCUT2D eigenvalue weighted by Gasteiger charge is -2.18. The molecule has 0 radical (unpaired) electrons. The minimum Gasteiger partial charge on any atom is -0.385 e. The Kier molecular flexibility index (Phi) is 2.89. The Balaban J connectivity index is 2.24. The van der Waals surface area contributed by atoms with Gasteiger partial charge in [0, 0.05) is 17.6 Å². The fraction of sp³-hybridized carbons (Fsp3) is 0.455. The second kappa shape index (κ2) is 4.14. The molecule has 13 heavy (non-hydrogen) atoms. The molecule has 0 saturated heterocycles. The first-order valence-electron chi connectivity index (χ1n) is 4.82. The van der Waals surface area contributed by atoms with E-state index in [1.54, 1.807) is 0 Å². The highest BCUT2D eigenvalue weighted by Gasteiger charge is 2.07. The first-order chi connectivity index (χ1) is 6.40. The first-order valence-corrected chi connectivity index (χ1v) is 5.94. The van der Waals surface area contributed by atoms with Gasteiger partial charge in [-0.3, -0.25) is 0 Å². The van der Waals surface area contributed by atoms with E-state index in [0.29, 0.717) is 0 Å². The van der Waals surface area contributed by atoms with Crippen molar-refractivity contribution in [2.45, 2.75) is 19.3 Å². The van der Waals surface area contributed by atoms with Gasteiger partial charge >= 0.3 is 0 Å². The number of alkyl halides is 1. The van der Waals surface area contributed by atoms with Gasteiger partial charge in [-0.25, -0.2) is 0 Å². The summed E-state index contributed by atoms with van der Waals surface area (Å²) in [5.74, 6) is 0. The zero-order valence-corrected chi connectivity index (χ0v) is 9.23. The topological polar surface area (TPSA) is 12.0 Å². The minimum absolute atomic E-state index is 1.05. The number of hydrogen-bond acceptors (Lipinski definition) is 1. The van der Waals surface area contributed by atoms with E-state index in [-0.39, 0.29) is 0 Å². The number of aryl methyl sites for hydroxylation is 2. The largest absolute Gasteiger partial charge is 0.385 e. The maximum Gasteiger partial charge on any atom is 0.0372 e. The van der Waals surface area contributed by atoms with Crippen LogP contribution in [0.25, 0.3) is 0 Å². The van der Waals surface area contributed by atoms with E-state index in [1.165, 1.54) is 29.7 Å². The number of rotatable bonds is 2. The number of anilines is 1. The van der Waals surface area contributed by atoms with Crippen molar-refractivity contribution in [2.75, 3.05) is 17.2 Å². The standard InChI is InChI=1S/C11H14BrN/c12-6-5-9-3-4-11-10(8-9)2-1-7-13-11/h3-4,8,13H,1-2,5-7H2. The van der Waals surface area contributed by atoms with Crippen LogP contribution in [-0.4, -0.2) is 11.9 Å². The number of fused-ring (bicyclic) bond motifs is 1. The van der Waals surface area contributed by atoms with Crippen LogP contribution in [0.4, 0.5) is 5.69 Å². The number of halogens is 1. The van der Waals surface area contributed by atoms with Crippen molar-refractivity contribution in [1.82, 2.24) is 0 Å². The van der Waals surface area contributed by atoms with E-state index < -0.39 is 0 Å². The molecule has 1 aliphatic rings. The molecule has 1 nitrogen and oxygen atoms in total. The zero-order chi connectivity index (χ0) is 9.10. The van der Waals surface area contributed by atoms with E-state index in [2.05, 4.69) is 39.4 Å². The second-order valence-electron chi connectivity index (χ2n) is 3.46. The molecule has 0 fully saturated rings. The third kappa shape index (κ3) is 2.05. The Morgan fingerprint density at radius 2 is 2.31 bits per heavy atom. The molecule has 1 aliphatic heterocycles. The Morgan fingerprint density at radius 1 is 1.38 bits per heavy atom. The summed E-state index contributed by atoms with van der Waals surface area (Å²) < 4.78 is 0. The highest BCUT2D eigenvalue weighted by atomic mass is 79.9. The molecule has 1 aromatic rings. The van der Waals surface area contributed by atoms with Crippen LogP contribution in [0.5, 0.6) is 0 Å². The second-order valence-corrected chi connectivity index (χ2v) is 4.25. The van der Waals surface area contributed by atoms with Gasteiger partial charge in [0.05, 0.1) is 0 Å². The van der Waals surface area contributed by atoms with E-state index in [9.17, 15) is 0 Å². The molecule has 0 aliphatic carbocycles. The molecule has 1 N–H and O–H groups in total. The smallest absolute Gasteiger partial charge is 0.0372 e. The summed E-state index contributed by atoms with van der Waals surface area (Å²) in [4.78, 5) is 0. The maximum atomic E-state index is 3.47. The third-order valence-electron chi connectivity index (χ3n) is 2.49. The average Bonchev–Trinajstić information content (AvgIpc) is 2.18. The Bertz CT molecular complexity index is 296. The molecule has 0 atom stereocenters. The first kappa shape index (κ1) is 9.07. The van der Waals surface area contributed by atoms with Crippen LogP contribution in [0, 0.1) is 0 Å². The fourth-order valence-corrected chi connectivity index (χ4v) is 2.25. The summed E-state index contributed by atoms with van der Waals surface area (Å²) in [6.45, 7) is 1.13. The fourth-order valence-electron chi connectivity index (χ4n) is 1.79. The van der Waals surface area contributed by atoms with Gasteiger partial charge in [0.25, 0.3) is 0 Å². The normalized spacial score (nSPS) is 14.8.